The number of rotatable bonds is 2. The van der Waals surface area contributed by atoms with E-state index >= 15 is 0 Å². The topological polar surface area (TPSA) is 42.1 Å². The van der Waals surface area contributed by atoms with Gasteiger partial charge in [0, 0.05) is 15.9 Å². The summed E-state index contributed by atoms with van der Waals surface area (Å²) >= 11 is 5.86. The SMILES string of the molecule is CC(C)OC(=O)c1cc2ccc(Cl)cc2[nH]1. The van der Waals surface area contributed by atoms with Crippen molar-refractivity contribution in [2.75, 3.05) is 0 Å². The van der Waals surface area contributed by atoms with Crippen LogP contribution in [0.1, 0.15) is 24.3 Å². The summed E-state index contributed by atoms with van der Waals surface area (Å²) < 4.78 is 5.09. The number of aromatic nitrogens is 1. The van der Waals surface area contributed by atoms with Gasteiger partial charge in [0.25, 0.3) is 0 Å². The van der Waals surface area contributed by atoms with Gasteiger partial charge in [0.1, 0.15) is 5.69 Å². The van der Waals surface area contributed by atoms with Crippen molar-refractivity contribution < 1.29 is 9.53 Å². The lowest BCUT2D eigenvalue weighted by Gasteiger charge is -2.05. The Morgan fingerprint density at radius 3 is 2.81 bits per heavy atom. The molecule has 2 aromatic rings. The minimum absolute atomic E-state index is 0.123. The summed E-state index contributed by atoms with van der Waals surface area (Å²) in [5.74, 6) is -0.345. The molecule has 3 nitrogen and oxygen atoms in total. The van der Waals surface area contributed by atoms with Crippen LogP contribution in [-0.4, -0.2) is 17.1 Å². The summed E-state index contributed by atoms with van der Waals surface area (Å²) in [5.41, 5.74) is 1.29. The predicted molar refractivity (Wildman–Crippen MR) is 63.9 cm³/mol. The van der Waals surface area contributed by atoms with Gasteiger partial charge in [-0.1, -0.05) is 17.7 Å². The Morgan fingerprint density at radius 2 is 2.12 bits per heavy atom. The van der Waals surface area contributed by atoms with E-state index in [-0.39, 0.29) is 12.1 Å². The lowest BCUT2D eigenvalue weighted by molar-refractivity contribution is 0.0372. The third-order valence-electron chi connectivity index (χ3n) is 2.15. The van der Waals surface area contributed by atoms with Crippen LogP contribution in [0.3, 0.4) is 0 Å². The molecule has 0 atom stereocenters. The Bertz CT molecular complexity index is 531. The number of carbonyl (C=O) groups excluding carboxylic acids is 1. The predicted octanol–water partition coefficient (Wildman–Crippen LogP) is 3.39. The quantitative estimate of drug-likeness (QED) is 0.814. The number of hydrogen-bond donors (Lipinski definition) is 1. The van der Waals surface area contributed by atoms with Crippen molar-refractivity contribution in [2.45, 2.75) is 20.0 Å². The highest BCUT2D eigenvalue weighted by Crippen LogP contribution is 2.20. The summed E-state index contributed by atoms with van der Waals surface area (Å²) in [6, 6.07) is 7.19. The Morgan fingerprint density at radius 1 is 1.38 bits per heavy atom. The van der Waals surface area contributed by atoms with Gasteiger partial charge in [0.05, 0.1) is 6.10 Å². The molecule has 0 aliphatic carbocycles. The molecule has 0 fully saturated rings. The number of fused-ring (bicyclic) bond motifs is 1. The molecule has 0 unspecified atom stereocenters. The van der Waals surface area contributed by atoms with Crippen molar-refractivity contribution >= 4 is 28.5 Å². The molecule has 0 saturated carbocycles. The molecule has 4 heteroatoms. The van der Waals surface area contributed by atoms with Crippen LogP contribution in [0.2, 0.25) is 5.02 Å². The maximum atomic E-state index is 11.6. The molecule has 0 amide bonds. The standard InChI is InChI=1S/C12H12ClNO2/c1-7(2)16-12(15)11-5-8-3-4-9(13)6-10(8)14-11/h3-7,14H,1-2H3. The Balaban J connectivity index is 2.36. The lowest BCUT2D eigenvalue weighted by Crippen LogP contribution is -2.11. The molecular weight excluding hydrogens is 226 g/mol. The smallest absolute Gasteiger partial charge is 0.355 e. The average molecular weight is 238 g/mol. The van der Waals surface area contributed by atoms with Gasteiger partial charge in [-0.25, -0.2) is 4.79 Å². The van der Waals surface area contributed by atoms with E-state index in [0.29, 0.717) is 10.7 Å². The van der Waals surface area contributed by atoms with E-state index in [0.717, 1.165) is 10.9 Å². The first-order chi connectivity index (χ1) is 7.56. The highest BCUT2D eigenvalue weighted by Gasteiger charge is 2.12. The summed E-state index contributed by atoms with van der Waals surface area (Å²) in [4.78, 5) is 14.6. The number of benzene rings is 1. The van der Waals surface area contributed by atoms with E-state index in [9.17, 15) is 4.79 Å². The molecule has 0 bridgehead atoms. The Kier molecular flexibility index (Phi) is 2.88. The van der Waals surface area contributed by atoms with Crippen LogP contribution in [0.4, 0.5) is 0 Å². The van der Waals surface area contributed by atoms with Crippen LogP contribution in [0.15, 0.2) is 24.3 Å². The number of esters is 1. The van der Waals surface area contributed by atoms with Gasteiger partial charge in [-0.2, -0.15) is 0 Å². The van der Waals surface area contributed by atoms with Gasteiger partial charge in [0.2, 0.25) is 0 Å². The largest absolute Gasteiger partial charge is 0.458 e. The summed E-state index contributed by atoms with van der Waals surface area (Å²) in [6.45, 7) is 3.63. The number of carbonyl (C=O) groups is 1. The average Bonchev–Trinajstić information content (AvgIpc) is 2.59. The number of hydrogen-bond acceptors (Lipinski definition) is 2. The molecule has 84 valence electrons. The molecule has 1 aromatic heterocycles. The maximum absolute atomic E-state index is 11.6. The third-order valence-corrected chi connectivity index (χ3v) is 2.38. The van der Waals surface area contributed by atoms with Crippen LogP contribution >= 0.6 is 11.6 Å². The second-order valence-electron chi connectivity index (χ2n) is 3.87. The van der Waals surface area contributed by atoms with Gasteiger partial charge in [0.15, 0.2) is 0 Å². The van der Waals surface area contributed by atoms with Gasteiger partial charge < -0.3 is 9.72 Å². The second kappa shape index (κ2) is 4.18. The molecular formula is C12H12ClNO2. The van der Waals surface area contributed by atoms with Gasteiger partial charge in [-0.15, -0.1) is 0 Å². The van der Waals surface area contributed by atoms with Crippen LogP contribution in [-0.2, 0) is 4.74 Å². The molecule has 0 radical (unpaired) electrons. The van der Waals surface area contributed by atoms with Gasteiger partial charge in [-0.3, -0.25) is 0 Å². The molecule has 1 heterocycles. The highest BCUT2D eigenvalue weighted by atomic mass is 35.5. The maximum Gasteiger partial charge on any atom is 0.355 e. The van der Waals surface area contributed by atoms with Crippen molar-refractivity contribution in [1.29, 1.82) is 0 Å². The lowest BCUT2D eigenvalue weighted by atomic mass is 10.2. The molecule has 0 saturated heterocycles. The molecule has 16 heavy (non-hydrogen) atoms. The zero-order valence-corrected chi connectivity index (χ0v) is 9.84. The number of halogens is 1. The van der Waals surface area contributed by atoms with E-state index in [1.165, 1.54) is 0 Å². The normalized spacial score (nSPS) is 11.0. The number of ether oxygens (including phenoxy) is 1. The van der Waals surface area contributed by atoms with Gasteiger partial charge in [-0.05, 0) is 32.0 Å². The molecule has 0 aliphatic heterocycles. The van der Waals surface area contributed by atoms with E-state index in [1.807, 2.05) is 19.9 Å². The number of aromatic amines is 1. The minimum atomic E-state index is -0.345. The number of nitrogens with one attached hydrogen (secondary N) is 1. The Hall–Kier alpha value is -1.48. The summed E-state index contributed by atoms with van der Waals surface area (Å²) in [7, 11) is 0. The first kappa shape index (κ1) is 11.0. The fraction of sp³-hybridized carbons (Fsp3) is 0.250. The molecule has 1 aromatic carbocycles. The van der Waals surface area contributed by atoms with Crippen LogP contribution in [0, 0.1) is 0 Å². The van der Waals surface area contributed by atoms with Crippen molar-refractivity contribution in [2.24, 2.45) is 0 Å². The third kappa shape index (κ3) is 2.19. The summed E-state index contributed by atoms with van der Waals surface area (Å²) in [5, 5.41) is 1.58. The molecule has 0 aliphatic rings. The highest BCUT2D eigenvalue weighted by molar-refractivity contribution is 6.31. The zero-order valence-electron chi connectivity index (χ0n) is 9.08. The van der Waals surface area contributed by atoms with Crippen molar-refractivity contribution in [3.63, 3.8) is 0 Å². The fourth-order valence-electron chi connectivity index (χ4n) is 1.49. The van der Waals surface area contributed by atoms with Crippen LogP contribution in [0.25, 0.3) is 10.9 Å². The van der Waals surface area contributed by atoms with Crippen LogP contribution < -0.4 is 0 Å². The molecule has 0 spiro atoms. The van der Waals surface area contributed by atoms with Crippen LogP contribution in [0.5, 0.6) is 0 Å². The summed E-state index contributed by atoms with van der Waals surface area (Å²) in [6.07, 6.45) is -0.123. The monoisotopic (exact) mass is 237 g/mol. The minimum Gasteiger partial charge on any atom is -0.458 e. The van der Waals surface area contributed by atoms with E-state index in [2.05, 4.69) is 4.98 Å². The van der Waals surface area contributed by atoms with Crippen molar-refractivity contribution in [3.8, 4) is 0 Å². The van der Waals surface area contributed by atoms with E-state index < -0.39 is 0 Å². The second-order valence-corrected chi connectivity index (χ2v) is 4.31. The first-order valence-corrected chi connectivity index (χ1v) is 5.43. The van der Waals surface area contributed by atoms with E-state index in [4.69, 9.17) is 16.3 Å². The molecule has 2 rings (SSSR count). The Labute approximate surface area is 98.4 Å². The molecule has 1 N–H and O–H groups in total. The van der Waals surface area contributed by atoms with E-state index in [1.54, 1.807) is 18.2 Å². The zero-order chi connectivity index (χ0) is 11.7. The van der Waals surface area contributed by atoms with Gasteiger partial charge >= 0.3 is 5.97 Å². The van der Waals surface area contributed by atoms with Crippen molar-refractivity contribution in [3.05, 3.63) is 35.0 Å². The number of H-pyrrole nitrogens is 1. The van der Waals surface area contributed by atoms with Crippen molar-refractivity contribution in [1.82, 2.24) is 4.98 Å². The fourth-order valence-corrected chi connectivity index (χ4v) is 1.66. The first-order valence-electron chi connectivity index (χ1n) is 5.05.